The number of nitrogens with one attached hydrogen (secondary N) is 2. The molecular formula is C28H21ClF3N3O2S2. The largest absolute Gasteiger partial charge is 0.416 e. The summed E-state index contributed by atoms with van der Waals surface area (Å²) in [5.74, 6) is -0.581. The number of rotatable bonds is 5. The molecule has 1 heterocycles. The number of alkyl halides is 3. The van der Waals surface area contributed by atoms with Gasteiger partial charge in [-0.1, -0.05) is 54.1 Å². The third-order valence-corrected chi connectivity index (χ3v) is 8.62. The molecule has 3 amide bonds. The fourth-order valence-electron chi connectivity index (χ4n) is 4.20. The number of thioether (sulfide) groups is 2. The Morgan fingerprint density at radius 1 is 0.974 bits per heavy atom. The first-order chi connectivity index (χ1) is 18.7. The number of carbonyl (C=O) groups excluding carboxylic acids is 2. The smallest absolute Gasteiger partial charge is 0.324 e. The molecule has 5 rings (SSSR count). The normalized spacial score (nSPS) is 17.8. The molecule has 11 heteroatoms. The number of fused-ring (bicyclic) bond motifs is 2. The fourth-order valence-corrected chi connectivity index (χ4v) is 6.38. The maximum atomic E-state index is 13.5. The van der Waals surface area contributed by atoms with Crippen molar-refractivity contribution in [2.75, 3.05) is 21.3 Å². The van der Waals surface area contributed by atoms with Crippen LogP contribution in [0.4, 0.5) is 35.0 Å². The van der Waals surface area contributed by atoms with Crippen LogP contribution in [0.15, 0.2) is 101 Å². The number of nitrogens with zero attached hydrogens (tertiary/aromatic N) is 1. The van der Waals surface area contributed by atoms with E-state index in [1.807, 2.05) is 42.5 Å². The van der Waals surface area contributed by atoms with Gasteiger partial charge in [-0.2, -0.15) is 13.2 Å². The van der Waals surface area contributed by atoms with Gasteiger partial charge < -0.3 is 10.6 Å². The molecule has 2 N–H and O–H groups in total. The highest BCUT2D eigenvalue weighted by molar-refractivity contribution is 8.00. The van der Waals surface area contributed by atoms with E-state index in [0.29, 0.717) is 10.6 Å². The maximum Gasteiger partial charge on any atom is 0.416 e. The molecule has 39 heavy (non-hydrogen) atoms. The minimum absolute atomic E-state index is 0.00860. The van der Waals surface area contributed by atoms with Crippen LogP contribution in [0, 0.1) is 0 Å². The second-order valence-corrected chi connectivity index (χ2v) is 11.3. The lowest BCUT2D eigenvalue weighted by molar-refractivity contribution is -0.137. The quantitative estimate of drug-likeness (QED) is 0.296. The summed E-state index contributed by atoms with van der Waals surface area (Å²) in [7, 11) is 0. The Balaban J connectivity index is 1.25. The summed E-state index contributed by atoms with van der Waals surface area (Å²) in [5.41, 5.74) is 0.368. The average molecular weight is 588 g/mol. The first-order valence-corrected chi connectivity index (χ1v) is 14.0. The Morgan fingerprint density at radius 2 is 1.77 bits per heavy atom. The van der Waals surface area contributed by atoms with Crippen LogP contribution in [0.1, 0.15) is 5.56 Å². The molecule has 0 saturated heterocycles. The molecule has 0 bridgehead atoms. The van der Waals surface area contributed by atoms with Crippen molar-refractivity contribution in [3.63, 3.8) is 0 Å². The number of hydrogen-bond donors (Lipinski definition) is 2. The Labute approximate surface area is 236 Å². The van der Waals surface area contributed by atoms with Gasteiger partial charge in [-0.3, -0.25) is 9.69 Å². The summed E-state index contributed by atoms with van der Waals surface area (Å²) in [5, 5.41) is 5.51. The van der Waals surface area contributed by atoms with Gasteiger partial charge in [-0.05, 0) is 48.5 Å². The maximum absolute atomic E-state index is 13.5. The zero-order chi connectivity index (χ0) is 27.6. The summed E-state index contributed by atoms with van der Waals surface area (Å²) in [6.07, 6.45) is 3.46. The van der Waals surface area contributed by atoms with Crippen molar-refractivity contribution in [2.24, 2.45) is 0 Å². The minimum Gasteiger partial charge on any atom is -0.324 e. The van der Waals surface area contributed by atoms with Crippen molar-refractivity contribution in [2.45, 2.75) is 27.3 Å². The Bertz CT molecular complexity index is 1480. The molecule has 3 aromatic rings. The highest BCUT2D eigenvalue weighted by Crippen LogP contribution is 2.43. The van der Waals surface area contributed by atoms with Crippen LogP contribution < -0.4 is 15.5 Å². The molecule has 3 aromatic carbocycles. The predicted molar refractivity (Wildman–Crippen MR) is 152 cm³/mol. The summed E-state index contributed by atoms with van der Waals surface area (Å²) in [6, 6.07) is 17.1. The van der Waals surface area contributed by atoms with E-state index in [1.54, 1.807) is 40.9 Å². The van der Waals surface area contributed by atoms with E-state index < -0.39 is 17.6 Å². The second kappa shape index (κ2) is 11.4. The number of halogens is 4. The summed E-state index contributed by atoms with van der Waals surface area (Å²) in [6.45, 7) is 0. The van der Waals surface area contributed by atoms with Crippen LogP contribution in [-0.2, 0) is 11.0 Å². The van der Waals surface area contributed by atoms with E-state index in [-0.39, 0.29) is 33.8 Å². The molecule has 1 aliphatic heterocycles. The van der Waals surface area contributed by atoms with Crippen molar-refractivity contribution < 1.29 is 22.8 Å². The number of allylic oxidation sites excluding steroid dienone is 2. The van der Waals surface area contributed by atoms with Gasteiger partial charge in [0.15, 0.2) is 0 Å². The van der Waals surface area contributed by atoms with E-state index in [2.05, 4.69) is 16.7 Å². The van der Waals surface area contributed by atoms with Crippen molar-refractivity contribution in [3.8, 4) is 0 Å². The zero-order valence-corrected chi connectivity index (χ0v) is 22.5. The van der Waals surface area contributed by atoms with Gasteiger partial charge in [0, 0.05) is 15.5 Å². The SMILES string of the molecule is O=C(CSc1cccc(NC(=O)N2c3ccccc3SC3C=CC=CC32)c1)Nc1cc(C(F)(F)F)ccc1Cl. The molecule has 0 aromatic heterocycles. The van der Waals surface area contributed by atoms with Crippen LogP contribution in [0.3, 0.4) is 0 Å². The van der Waals surface area contributed by atoms with Crippen molar-refractivity contribution in [3.05, 3.63) is 102 Å². The molecule has 2 unspecified atom stereocenters. The summed E-state index contributed by atoms with van der Waals surface area (Å²) >= 11 is 8.87. The molecule has 200 valence electrons. The van der Waals surface area contributed by atoms with Crippen LogP contribution in [0.2, 0.25) is 5.02 Å². The summed E-state index contributed by atoms with van der Waals surface area (Å²) in [4.78, 5) is 29.4. The van der Waals surface area contributed by atoms with Crippen LogP contribution in [-0.4, -0.2) is 29.0 Å². The third kappa shape index (κ3) is 6.29. The average Bonchev–Trinajstić information content (AvgIpc) is 2.91. The first kappa shape index (κ1) is 27.2. The van der Waals surface area contributed by atoms with Crippen molar-refractivity contribution in [1.29, 1.82) is 0 Å². The van der Waals surface area contributed by atoms with Crippen LogP contribution in [0.5, 0.6) is 0 Å². The Morgan fingerprint density at radius 3 is 2.59 bits per heavy atom. The van der Waals surface area contributed by atoms with E-state index in [4.69, 9.17) is 11.6 Å². The number of anilines is 3. The van der Waals surface area contributed by atoms with Crippen molar-refractivity contribution >= 4 is 64.1 Å². The van der Waals surface area contributed by atoms with Gasteiger partial charge in [0.1, 0.15) is 0 Å². The molecule has 5 nitrogen and oxygen atoms in total. The molecule has 0 radical (unpaired) electrons. The molecule has 0 saturated carbocycles. The van der Waals surface area contributed by atoms with Crippen LogP contribution >= 0.6 is 35.1 Å². The zero-order valence-electron chi connectivity index (χ0n) is 20.1. The minimum atomic E-state index is -4.55. The van der Waals surface area contributed by atoms with Gasteiger partial charge in [-0.15, -0.1) is 23.5 Å². The number of carbonyl (C=O) groups is 2. The Hall–Kier alpha value is -3.34. The van der Waals surface area contributed by atoms with Crippen LogP contribution in [0.25, 0.3) is 0 Å². The predicted octanol–water partition coefficient (Wildman–Crippen LogP) is 8.10. The first-order valence-electron chi connectivity index (χ1n) is 11.8. The lowest BCUT2D eigenvalue weighted by atomic mass is 10.1. The van der Waals surface area contributed by atoms with E-state index in [1.165, 1.54) is 11.8 Å². The van der Waals surface area contributed by atoms with Gasteiger partial charge >= 0.3 is 12.2 Å². The molecular weight excluding hydrogens is 567 g/mol. The highest BCUT2D eigenvalue weighted by atomic mass is 35.5. The van der Waals surface area contributed by atoms with E-state index >= 15 is 0 Å². The molecule has 2 aliphatic rings. The molecule has 2 atom stereocenters. The highest BCUT2D eigenvalue weighted by Gasteiger charge is 2.36. The third-order valence-electron chi connectivity index (χ3n) is 5.98. The second-order valence-electron chi connectivity index (χ2n) is 8.67. The molecule has 0 fully saturated rings. The number of hydrogen-bond acceptors (Lipinski definition) is 4. The monoisotopic (exact) mass is 587 g/mol. The van der Waals surface area contributed by atoms with E-state index in [0.717, 1.165) is 28.8 Å². The van der Waals surface area contributed by atoms with Gasteiger partial charge in [-0.25, -0.2) is 4.79 Å². The van der Waals surface area contributed by atoms with Gasteiger partial charge in [0.2, 0.25) is 5.91 Å². The fraction of sp³-hybridized carbons (Fsp3) is 0.143. The number of amides is 3. The summed E-state index contributed by atoms with van der Waals surface area (Å²) < 4.78 is 39.0. The van der Waals surface area contributed by atoms with E-state index in [9.17, 15) is 22.8 Å². The lowest BCUT2D eigenvalue weighted by Crippen LogP contribution is -2.49. The number of urea groups is 1. The van der Waals surface area contributed by atoms with Crippen molar-refractivity contribution in [1.82, 2.24) is 0 Å². The molecule has 1 aliphatic carbocycles. The standard InChI is InChI=1S/C28H21ClF3N3O2S2/c29-20-13-12-17(28(30,31)32)14-21(20)34-26(36)16-38-19-7-5-6-18(15-19)33-27(37)35-22-8-1-3-10-24(22)39-25-11-4-2-9-23(25)35/h1-15,22,24H,16H2,(H,33,37)(H,34,36). The number of para-hydroxylation sites is 1. The molecule has 0 spiro atoms. The van der Waals surface area contributed by atoms with Gasteiger partial charge in [0.25, 0.3) is 0 Å². The number of benzene rings is 3. The lowest BCUT2D eigenvalue weighted by Gasteiger charge is -2.40. The van der Waals surface area contributed by atoms with Gasteiger partial charge in [0.05, 0.1) is 39.0 Å². The Kier molecular flexibility index (Phi) is 7.97. The topological polar surface area (TPSA) is 61.4 Å².